The molecule has 0 saturated carbocycles. The van der Waals surface area contributed by atoms with E-state index in [0.717, 1.165) is 43.3 Å². The number of hydrogen-bond acceptors (Lipinski definition) is 12. The van der Waals surface area contributed by atoms with Gasteiger partial charge in [-0.15, -0.1) is 0 Å². The second-order valence-corrected chi connectivity index (χ2v) is 14.0. The summed E-state index contributed by atoms with van der Waals surface area (Å²) in [6, 6.07) is 12.2. The predicted octanol–water partition coefficient (Wildman–Crippen LogP) is 2.22. The number of anilines is 5. The summed E-state index contributed by atoms with van der Waals surface area (Å²) < 4.78 is 28.9. The Morgan fingerprint density at radius 3 is 2.20 bits per heavy atom. The molecular weight excluding hydrogens is 592 g/mol. The van der Waals surface area contributed by atoms with Crippen LogP contribution in [0, 0.1) is 0 Å². The first-order chi connectivity index (χ1) is 21.8. The minimum atomic E-state index is -3.81. The maximum Gasteiger partial charge on any atom is 0.261 e. The number of aromatic nitrogens is 5. The van der Waals surface area contributed by atoms with Gasteiger partial charge in [-0.25, -0.2) is 8.42 Å². The van der Waals surface area contributed by atoms with Crippen molar-refractivity contribution in [2.24, 2.45) is 11.5 Å². The molecular formula is C30H40N12O2S. The molecule has 5 heterocycles. The molecule has 2 aromatic heterocycles. The van der Waals surface area contributed by atoms with Gasteiger partial charge in [0.25, 0.3) is 10.0 Å². The number of likely N-dealkylation sites (tertiary alicyclic amines) is 1. The Morgan fingerprint density at radius 1 is 0.822 bits per heavy atom. The van der Waals surface area contributed by atoms with Gasteiger partial charge in [-0.05, 0) is 87.7 Å². The van der Waals surface area contributed by atoms with E-state index in [-0.39, 0.29) is 17.0 Å². The average Bonchev–Trinajstić information content (AvgIpc) is 3.73. The van der Waals surface area contributed by atoms with E-state index in [1.807, 2.05) is 11.0 Å². The third-order valence-corrected chi connectivity index (χ3v) is 10.3. The molecule has 7 rings (SSSR count). The fraction of sp³-hybridized carbons (Fsp3) is 0.467. The van der Waals surface area contributed by atoms with Gasteiger partial charge in [-0.2, -0.15) is 20.1 Å². The molecule has 0 aliphatic carbocycles. The molecule has 3 fully saturated rings. The number of benzene rings is 2. The van der Waals surface area contributed by atoms with Crippen LogP contribution in [0.1, 0.15) is 32.1 Å². The molecule has 2 atom stereocenters. The molecule has 15 heteroatoms. The Kier molecular flexibility index (Phi) is 8.16. The summed E-state index contributed by atoms with van der Waals surface area (Å²) in [7, 11) is -3.81. The van der Waals surface area contributed by atoms with E-state index in [0.29, 0.717) is 48.4 Å². The normalized spacial score (nSPS) is 21.8. The van der Waals surface area contributed by atoms with Crippen molar-refractivity contribution in [3.05, 3.63) is 48.7 Å². The van der Waals surface area contributed by atoms with E-state index in [4.69, 9.17) is 26.4 Å². The number of nitrogens with zero attached hydrogens (tertiary/aromatic N) is 7. The van der Waals surface area contributed by atoms with Gasteiger partial charge in [-0.1, -0.05) is 0 Å². The Labute approximate surface area is 262 Å². The Morgan fingerprint density at radius 2 is 1.49 bits per heavy atom. The third kappa shape index (κ3) is 6.66. The molecule has 2 aromatic carbocycles. The van der Waals surface area contributed by atoms with Crippen molar-refractivity contribution >= 4 is 50.1 Å². The Bertz CT molecular complexity index is 1720. The number of sulfonamides is 1. The summed E-state index contributed by atoms with van der Waals surface area (Å²) in [6.45, 7) is 5.36. The van der Waals surface area contributed by atoms with Crippen molar-refractivity contribution in [1.29, 1.82) is 0 Å². The summed E-state index contributed by atoms with van der Waals surface area (Å²) in [5.41, 5.74) is 14.5. The van der Waals surface area contributed by atoms with Crippen LogP contribution in [0.15, 0.2) is 53.6 Å². The summed E-state index contributed by atoms with van der Waals surface area (Å²) >= 11 is 0. The van der Waals surface area contributed by atoms with Crippen LogP contribution in [-0.4, -0.2) is 95.9 Å². The van der Waals surface area contributed by atoms with E-state index in [1.165, 1.54) is 25.9 Å². The fourth-order valence-electron chi connectivity index (χ4n) is 6.63. The summed E-state index contributed by atoms with van der Waals surface area (Å²) in [5, 5.41) is 11.0. The molecule has 0 unspecified atom stereocenters. The van der Waals surface area contributed by atoms with Crippen LogP contribution in [0.4, 0.5) is 29.2 Å². The van der Waals surface area contributed by atoms with Crippen LogP contribution >= 0.6 is 0 Å². The highest BCUT2D eigenvalue weighted by molar-refractivity contribution is 7.92. The Hall–Kier alpha value is -4.05. The maximum absolute atomic E-state index is 13.1. The number of aromatic amines is 1. The predicted molar refractivity (Wildman–Crippen MR) is 175 cm³/mol. The minimum absolute atomic E-state index is 0.0638. The molecule has 3 saturated heterocycles. The number of rotatable bonds is 8. The lowest BCUT2D eigenvalue weighted by atomic mass is 10.0. The molecule has 3 aliphatic rings. The zero-order valence-corrected chi connectivity index (χ0v) is 26.0. The summed E-state index contributed by atoms with van der Waals surface area (Å²) in [6.07, 6.45) is 7.17. The first kappa shape index (κ1) is 29.6. The van der Waals surface area contributed by atoms with Crippen LogP contribution < -0.4 is 31.3 Å². The lowest BCUT2D eigenvalue weighted by Gasteiger charge is -2.37. The van der Waals surface area contributed by atoms with Gasteiger partial charge in [0, 0.05) is 55.4 Å². The summed E-state index contributed by atoms with van der Waals surface area (Å²) in [5.74, 6) is 1.53. The van der Waals surface area contributed by atoms with Crippen LogP contribution in [0.2, 0.25) is 0 Å². The Balaban J connectivity index is 1.09. The van der Waals surface area contributed by atoms with Crippen LogP contribution in [-0.2, 0) is 10.0 Å². The van der Waals surface area contributed by atoms with Gasteiger partial charge in [0.15, 0.2) is 0 Å². The number of nitrogens with two attached hydrogens (primary N) is 2. The average molecular weight is 633 g/mol. The van der Waals surface area contributed by atoms with Gasteiger partial charge < -0.3 is 31.5 Å². The van der Waals surface area contributed by atoms with E-state index in [1.54, 1.807) is 42.6 Å². The van der Waals surface area contributed by atoms with Gasteiger partial charge in [-0.3, -0.25) is 9.82 Å². The fourth-order valence-corrected chi connectivity index (χ4v) is 7.68. The molecule has 7 N–H and O–H groups in total. The number of nitrogens with one attached hydrogen (secondary N) is 3. The first-order valence-corrected chi connectivity index (χ1v) is 17.1. The molecule has 238 valence electrons. The zero-order valence-electron chi connectivity index (χ0n) is 25.1. The van der Waals surface area contributed by atoms with Gasteiger partial charge in [0.05, 0.1) is 22.3 Å². The van der Waals surface area contributed by atoms with E-state index in [2.05, 4.69) is 30.0 Å². The molecule has 3 aliphatic heterocycles. The SMILES string of the molecule is N[C@@H]1C[C@H](N)CN(c2nc(Nc3ccc(S(=O)(=O)Nc4ccc5cn[nH]c5c4)cc3)nc(N3CCC(N4CCCC4)CC3)n2)C1. The van der Waals surface area contributed by atoms with Crippen molar-refractivity contribution in [2.75, 3.05) is 59.1 Å². The van der Waals surface area contributed by atoms with Gasteiger partial charge >= 0.3 is 0 Å². The first-order valence-electron chi connectivity index (χ1n) is 15.6. The van der Waals surface area contributed by atoms with Crippen LogP contribution in [0.3, 0.4) is 0 Å². The lowest BCUT2D eigenvalue weighted by molar-refractivity contribution is 0.207. The molecule has 4 aromatic rings. The molecule has 14 nitrogen and oxygen atoms in total. The molecule has 0 bridgehead atoms. The second-order valence-electron chi connectivity index (χ2n) is 12.3. The standard InChI is InChI=1S/C30H40N12O2S/c31-21-15-22(32)19-42(18-21)30-36-28(35-29(37-30)41-13-9-25(10-14-41)40-11-1-2-12-40)34-23-5-7-26(8-6-23)45(43,44)39-24-4-3-20-17-33-38-27(20)16-24/h3-8,16-17,21-22,25,39H,1-2,9-15,18-19,31-32H2,(H,33,38)(H,34,35,36,37)/t21-,22+. The highest BCUT2D eigenvalue weighted by Crippen LogP contribution is 2.27. The van der Waals surface area contributed by atoms with Gasteiger partial charge in [0.1, 0.15) is 0 Å². The third-order valence-electron chi connectivity index (χ3n) is 8.93. The topological polar surface area (TPSA) is 187 Å². The highest BCUT2D eigenvalue weighted by Gasteiger charge is 2.30. The zero-order chi connectivity index (χ0) is 31.0. The van der Waals surface area contributed by atoms with Crippen molar-refractivity contribution in [1.82, 2.24) is 30.0 Å². The second kappa shape index (κ2) is 12.4. The molecule has 0 radical (unpaired) electrons. The van der Waals surface area contributed by atoms with E-state index >= 15 is 0 Å². The number of H-pyrrole nitrogens is 1. The molecule has 0 spiro atoms. The van der Waals surface area contributed by atoms with Crippen molar-refractivity contribution in [3.63, 3.8) is 0 Å². The molecule has 0 amide bonds. The maximum atomic E-state index is 13.1. The van der Waals surface area contributed by atoms with E-state index < -0.39 is 10.0 Å². The molecule has 45 heavy (non-hydrogen) atoms. The summed E-state index contributed by atoms with van der Waals surface area (Å²) in [4.78, 5) is 21.5. The van der Waals surface area contributed by atoms with Crippen molar-refractivity contribution < 1.29 is 8.42 Å². The quantitative estimate of drug-likeness (QED) is 0.191. The monoisotopic (exact) mass is 632 g/mol. The number of piperidine rings is 2. The minimum Gasteiger partial charge on any atom is -0.341 e. The number of fused-ring (bicyclic) bond motifs is 1. The van der Waals surface area contributed by atoms with Crippen molar-refractivity contribution in [2.45, 2.75) is 55.1 Å². The smallest absolute Gasteiger partial charge is 0.261 e. The highest BCUT2D eigenvalue weighted by atomic mass is 32.2. The van der Waals surface area contributed by atoms with Crippen molar-refractivity contribution in [3.8, 4) is 0 Å². The number of hydrogen-bond donors (Lipinski definition) is 5. The largest absolute Gasteiger partial charge is 0.341 e. The van der Waals surface area contributed by atoms with Gasteiger partial charge in [0.2, 0.25) is 17.8 Å². The van der Waals surface area contributed by atoms with Crippen LogP contribution in [0.25, 0.3) is 10.9 Å². The van der Waals surface area contributed by atoms with Crippen LogP contribution in [0.5, 0.6) is 0 Å². The van der Waals surface area contributed by atoms with E-state index in [9.17, 15) is 8.42 Å². The lowest BCUT2D eigenvalue weighted by Crippen LogP contribution is -2.53.